The number of hydrogen-bond acceptors (Lipinski definition) is 4. The number of ether oxygens (including phenoxy) is 1. The molecule has 0 fully saturated rings. The maximum Gasteiger partial charge on any atom is 0.163 e. The molecule has 2 N–H and O–H groups in total. The number of aromatic nitrogens is 3. The van der Waals surface area contributed by atoms with Crippen LogP contribution in [-0.2, 0) is 24.5 Å². The fraction of sp³-hybridized carbons (Fsp3) is 0.333. The van der Waals surface area contributed by atoms with E-state index in [1.807, 2.05) is 23.6 Å². The van der Waals surface area contributed by atoms with Gasteiger partial charge in [0.25, 0.3) is 0 Å². The Labute approximate surface area is 110 Å². The summed E-state index contributed by atoms with van der Waals surface area (Å²) in [5, 5.41) is 8.88. The van der Waals surface area contributed by atoms with Gasteiger partial charge in [-0.3, -0.25) is 4.57 Å². The lowest BCUT2D eigenvalue weighted by Gasteiger charge is -2.14. The van der Waals surface area contributed by atoms with Gasteiger partial charge in [0.15, 0.2) is 5.82 Å². The van der Waals surface area contributed by atoms with E-state index in [0.29, 0.717) is 24.8 Å². The third-order valence-electron chi connectivity index (χ3n) is 3.16. The van der Waals surface area contributed by atoms with Crippen molar-refractivity contribution in [3.8, 4) is 5.69 Å². The highest BCUT2D eigenvalue weighted by molar-refractivity contribution is 6.31. The van der Waals surface area contributed by atoms with Gasteiger partial charge < -0.3 is 10.5 Å². The van der Waals surface area contributed by atoms with Crippen LogP contribution in [0.1, 0.15) is 22.8 Å². The first-order chi connectivity index (χ1) is 8.72. The van der Waals surface area contributed by atoms with Crippen LogP contribution < -0.4 is 5.73 Å². The molecule has 2 aromatic rings. The predicted molar refractivity (Wildman–Crippen MR) is 67.5 cm³/mol. The molecule has 0 amide bonds. The third-order valence-corrected chi connectivity index (χ3v) is 3.52. The monoisotopic (exact) mass is 264 g/mol. The van der Waals surface area contributed by atoms with Gasteiger partial charge in [0.05, 0.1) is 12.3 Å². The molecular formula is C12H13ClN4O. The zero-order chi connectivity index (χ0) is 12.7. The second-order valence-corrected chi connectivity index (χ2v) is 4.63. The number of rotatable bonds is 1. The SMILES string of the molecule is Cc1nnc2n1-c1ccc(Cl)c(CN)c1COC2. The second kappa shape index (κ2) is 4.35. The van der Waals surface area contributed by atoms with Gasteiger partial charge in [0.1, 0.15) is 12.4 Å². The zero-order valence-electron chi connectivity index (χ0n) is 9.98. The highest BCUT2D eigenvalue weighted by Crippen LogP contribution is 2.30. The zero-order valence-corrected chi connectivity index (χ0v) is 10.7. The molecule has 0 unspecified atom stereocenters. The standard InChI is InChI=1S/C12H13ClN4O/c1-7-15-16-12-6-18-5-9-8(4-14)10(13)2-3-11(9)17(7)12/h2-3H,4-6,14H2,1H3. The number of benzene rings is 1. The summed E-state index contributed by atoms with van der Waals surface area (Å²) in [4.78, 5) is 0. The maximum atomic E-state index is 6.18. The summed E-state index contributed by atoms with van der Waals surface area (Å²) >= 11 is 6.18. The van der Waals surface area contributed by atoms with Crippen molar-refractivity contribution < 1.29 is 4.74 Å². The Morgan fingerprint density at radius 2 is 2.22 bits per heavy atom. The van der Waals surface area contributed by atoms with Gasteiger partial charge in [-0.1, -0.05) is 11.6 Å². The molecule has 2 heterocycles. The summed E-state index contributed by atoms with van der Waals surface area (Å²) in [5.74, 6) is 1.64. The average Bonchev–Trinajstić information content (AvgIpc) is 2.62. The molecular weight excluding hydrogens is 252 g/mol. The van der Waals surface area contributed by atoms with Crippen molar-refractivity contribution in [1.29, 1.82) is 0 Å². The van der Waals surface area contributed by atoms with Crippen LogP contribution in [0.15, 0.2) is 12.1 Å². The molecule has 1 aromatic heterocycles. The molecule has 1 aliphatic heterocycles. The molecule has 0 spiro atoms. The number of hydrogen-bond donors (Lipinski definition) is 1. The first-order valence-corrected chi connectivity index (χ1v) is 6.09. The quantitative estimate of drug-likeness (QED) is 0.852. The van der Waals surface area contributed by atoms with Crippen molar-refractivity contribution >= 4 is 11.6 Å². The van der Waals surface area contributed by atoms with E-state index in [2.05, 4.69) is 10.2 Å². The van der Waals surface area contributed by atoms with E-state index in [4.69, 9.17) is 22.1 Å². The molecule has 18 heavy (non-hydrogen) atoms. The lowest BCUT2D eigenvalue weighted by atomic mass is 10.1. The Bertz CT molecular complexity index is 608. The van der Waals surface area contributed by atoms with Crippen molar-refractivity contribution in [2.75, 3.05) is 0 Å². The van der Waals surface area contributed by atoms with Crippen LogP contribution in [0, 0.1) is 6.92 Å². The van der Waals surface area contributed by atoms with Crippen molar-refractivity contribution in [2.24, 2.45) is 5.73 Å². The van der Waals surface area contributed by atoms with Crippen LogP contribution in [0.5, 0.6) is 0 Å². The van der Waals surface area contributed by atoms with E-state index in [1.165, 1.54) is 0 Å². The lowest BCUT2D eigenvalue weighted by Crippen LogP contribution is -2.08. The summed E-state index contributed by atoms with van der Waals surface area (Å²) in [6.07, 6.45) is 0. The van der Waals surface area contributed by atoms with Crippen molar-refractivity contribution in [1.82, 2.24) is 14.8 Å². The Balaban J connectivity index is 2.31. The minimum absolute atomic E-state index is 0.391. The van der Waals surface area contributed by atoms with Crippen LogP contribution in [0.25, 0.3) is 5.69 Å². The molecule has 1 aliphatic rings. The molecule has 0 atom stereocenters. The molecule has 0 saturated carbocycles. The molecule has 0 bridgehead atoms. The van der Waals surface area contributed by atoms with Gasteiger partial charge in [-0.25, -0.2) is 0 Å². The van der Waals surface area contributed by atoms with Gasteiger partial charge in [0.2, 0.25) is 0 Å². The lowest BCUT2D eigenvalue weighted by molar-refractivity contribution is 0.104. The summed E-state index contributed by atoms with van der Waals surface area (Å²) in [6.45, 7) is 3.24. The molecule has 3 rings (SSSR count). The van der Waals surface area contributed by atoms with E-state index in [1.54, 1.807) is 0 Å². The Morgan fingerprint density at radius 3 is 3.00 bits per heavy atom. The van der Waals surface area contributed by atoms with Gasteiger partial charge in [0, 0.05) is 17.1 Å². The molecule has 0 radical (unpaired) electrons. The first-order valence-electron chi connectivity index (χ1n) is 5.71. The maximum absolute atomic E-state index is 6.18. The molecule has 1 aromatic carbocycles. The van der Waals surface area contributed by atoms with Crippen molar-refractivity contribution in [2.45, 2.75) is 26.7 Å². The normalized spacial score (nSPS) is 13.9. The number of fused-ring (bicyclic) bond motifs is 3. The van der Waals surface area contributed by atoms with Crippen LogP contribution in [0.2, 0.25) is 5.02 Å². The van der Waals surface area contributed by atoms with Crippen molar-refractivity contribution in [3.05, 3.63) is 39.9 Å². The minimum Gasteiger partial charge on any atom is -0.369 e. The molecule has 0 saturated heterocycles. The van der Waals surface area contributed by atoms with Gasteiger partial charge in [-0.05, 0) is 24.6 Å². The molecule has 0 aliphatic carbocycles. The third kappa shape index (κ3) is 1.63. The highest BCUT2D eigenvalue weighted by atomic mass is 35.5. The highest BCUT2D eigenvalue weighted by Gasteiger charge is 2.21. The topological polar surface area (TPSA) is 66.0 Å². The summed E-state index contributed by atoms with van der Waals surface area (Å²) in [5.41, 5.74) is 8.73. The van der Waals surface area contributed by atoms with Gasteiger partial charge >= 0.3 is 0 Å². The van der Waals surface area contributed by atoms with Crippen LogP contribution in [0.4, 0.5) is 0 Å². The Hall–Kier alpha value is -1.43. The van der Waals surface area contributed by atoms with Crippen LogP contribution in [0.3, 0.4) is 0 Å². The number of nitrogens with two attached hydrogens (primary N) is 1. The predicted octanol–water partition coefficient (Wildman–Crippen LogP) is 1.72. The molecule has 94 valence electrons. The van der Waals surface area contributed by atoms with Crippen molar-refractivity contribution in [3.63, 3.8) is 0 Å². The van der Waals surface area contributed by atoms with E-state index in [-0.39, 0.29) is 0 Å². The molecule has 6 heteroatoms. The van der Waals surface area contributed by atoms with Gasteiger partial charge in [-0.15, -0.1) is 10.2 Å². The van der Waals surface area contributed by atoms with E-state index >= 15 is 0 Å². The van der Waals surface area contributed by atoms with Crippen LogP contribution in [-0.4, -0.2) is 14.8 Å². The summed E-state index contributed by atoms with van der Waals surface area (Å²) in [7, 11) is 0. The smallest absolute Gasteiger partial charge is 0.163 e. The fourth-order valence-electron chi connectivity index (χ4n) is 2.30. The van der Waals surface area contributed by atoms with Crippen LogP contribution >= 0.6 is 11.6 Å². The summed E-state index contributed by atoms with van der Waals surface area (Å²) < 4.78 is 7.62. The number of halogens is 1. The van der Waals surface area contributed by atoms with E-state index < -0.39 is 0 Å². The Kier molecular flexibility index (Phi) is 2.81. The minimum atomic E-state index is 0.391. The van der Waals surface area contributed by atoms with E-state index in [0.717, 1.165) is 28.5 Å². The fourth-order valence-corrected chi connectivity index (χ4v) is 2.55. The van der Waals surface area contributed by atoms with E-state index in [9.17, 15) is 0 Å². The average molecular weight is 265 g/mol. The largest absolute Gasteiger partial charge is 0.369 e. The number of nitrogens with zero attached hydrogens (tertiary/aromatic N) is 3. The molecule has 5 nitrogen and oxygen atoms in total. The first kappa shape index (κ1) is 11.6. The van der Waals surface area contributed by atoms with Gasteiger partial charge in [-0.2, -0.15) is 0 Å². The number of aryl methyl sites for hydroxylation is 1. The second-order valence-electron chi connectivity index (χ2n) is 4.22. The Morgan fingerprint density at radius 1 is 1.39 bits per heavy atom. The summed E-state index contributed by atoms with van der Waals surface area (Å²) in [6, 6.07) is 3.82.